The van der Waals surface area contributed by atoms with Gasteiger partial charge in [-0.1, -0.05) is 0 Å². The third-order valence-corrected chi connectivity index (χ3v) is 9.90. The van der Waals surface area contributed by atoms with E-state index in [4.69, 9.17) is 51.1 Å². The second-order valence-corrected chi connectivity index (χ2v) is 15.2. The number of rotatable bonds is 11. The van der Waals surface area contributed by atoms with Crippen LogP contribution in [0.5, 0.6) is 0 Å². The fourth-order valence-corrected chi connectivity index (χ4v) is 7.32. The molecule has 254 valence electrons. The molecular weight excluding hydrogens is 709 g/mol. The molecule has 0 amide bonds. The van der Waals surface area contributed by atoms with Crippen LogP contribution < -0.4 is 17.0 Å². The summed E-state index contributed by atoms with van der Waals surface area (Å²) in [6.07, 6.45) is -6.12. The van der Waals surface area contributed by atoms with Gasteiger partial charge in [-0.05, 0) is 23.3 Å². The molecule has 0 radical (unpaired) electrons. The molecule has 0 aromatic carbocycles. The molecule has 20 nitrogen and oxygen atoms in total. The van der Waals surface area contributed by atoms with Crippen LogP contribution >= 0.6 is 26.2 Å². The molecule has 6 rings (SSSR count). The van der Waals surface area contributed by atoms with Gasteiger partial charge in [-0.15, -0.1) is 4.52 Å². The summed E-state index contributed by atoms with van der Waals surface area (Å²) < 4.78 is 63.7. The van der Waals surface area contributed by atoms with Crippen molar-refractivity contribution in [1.82, 2.24) is 39.0 Å². The van der Waals surface area contributed by atoms with Gasteiger partial charge < -0.3 is 40.2 Å². The molecule has 2 fully saturated rings. The lowest BCUT2D eigenvalue weighted by Gasteiger charge is -2.30. The van der Waals surface area contributed by atoms with Crippen molar-refractivity contribution in [1.29, 1.82) is 0 Å². The van der Waals surface area contributed by atoms with Gasteiger partial charge in [0.2, 0.25) is 5.95 Å². The van der Waals surface area contributed by atoms with Crippen LogP contribution in [-0.4, -0.2) is 106 Å². The van der Waals surface area contributed by atoms with Crippen LogP contribution in [0, 0.1) is 0 Å². The van der Waals surface area contributed by atoms with Crippen molar-refractivity contribution in [2.75, 3.05) is 31.8 Å². The average Bonchev–Trinajstić information content (AvgIpc) is 3.76. The zero-order chi connectivity index (χ0) is 33.8. The number of halogens is 1. The standard InChI is InChI=1S/C22H27FN10O10P2S2/c1-22(14(34)13(38-2)20(42-22)32-6-28-10-15(24)26-5-27-16(10)32)4-40-45(37,47)43-12-9(23)8(3-39-44(36)46)41-19(12)33-7-29-11-17(33)30-21(25)31-18(11)35/h5-9,12-14,19-20,34H,3-4H2,1-2H3,(H6-,24,25,26,27,30,31,35,36,37,46,47)/p+1/t8-,9+,12-,13-,14+,19-,20+,22-,45?/m1/s1. The highest BCUT2D eigenvalue weighted by molar-refractivity contribution is 8.39. The van der Waals surface area contributed by atoms with E-state index < -0.39 is 81.4 Å². The molecule has 10 atom stereocenters. The van der Waals surface area contributed by atoms with Gasteiger partial charge in [-0.2, -0.15) is 4.98 Å². The van der Waals surface area contributed by atoms with Gasteiger partial charge >= 0.3 is 13.9 Å². The maximum absolute atomic E-state index is 15.9. The molecule has 0 aliphatic carbocycles. The minimum absolute atomic E-state index is 0.0864. The Labute approximate surface area is 274 Å². The quantitative estimate of drug-likeness (QED) is 0.0889. The average molecular weight is 738 g/mol. The summed E-state index contributed by atoms with van der Waals surface area (Å²) in [5, 5.41) is 11.2. The maximum Gasteiger partial charge on any atom is 0.582 e. The third-order valence-electron chi connectivity index (χ3n) is 7.65. The van der Waals surface area contributed by atoms with E-state index in [-0.39, 0.29) is 22.9 Å². The fraction of sp³-hybridized carbons (Fsp3) is 0.545. The van der Waals surface area contributed by atoms with Crippen LogP contribution in [0.3, 0.4) is 0 Å². The largest absolute Gasteiger partial charge is 0.582 e. The molecule has 7 N–H and O–H groups in total. The van der Waals surface area contributed by atoms with Crippen LogP contribution in [0.25, 0.3) is 22.3 Å². The van der Waals surface area contributed by atoms with E-state index >= 15 is 4.39 Å². The topological polar surface area (TPSA) is 272 Å². The number of hydrogen-bond donors (Lipinski definition) is 6. The van der Waals surface area contributed by atoms with Gasteiger partial charge in [0.1, 0.15) is 60.7 Å². The number of aliphatic hydroxyl groups is 1. The zero-order valence-corrected chi connectivity index (χ0v) is 27.8. The monoisotopic (exact) mass is 737 g/mol. The van der Waals surface area contributed by atoms with E-state index in [1.54, 1.807) is 0 Å². The highest BCUT2D eigenvalue weighted by atomic mass is 32.7. The molecule has 6 heterocycles. The van der Waals surface area contributed by atoms with Crippen LogP contribution in [0.2, 0.25) is 0 Å². The number of ether oxygens (including phenoxy) is 3. The second-order valence-electron chi connectivity index (χ2n) is 10.7. The maximum atomic E-state index is 15.9. The zero-order valence-electron chi connectivity index (χ0n) is 24.3. The summed E-state index contributed by atoms with van der Waals surface area (Å²) in [5.41, 5.74) is 9.75. The van der Waals surface area contributed by atoms with Gasteiger partial charge in [0.25, 0.3) is 5.56 Å². The van der Waals surface area contributed by atoms with Crippen LogP contribution in [0.15, 0.2) is 23.8 Å². The van der Waals surface area contributed by atoms with Crippen molar-refractivity contribution in [2.45, 2.75) is 55.6 Å². The van der Waals surface area contributed by atoms with Crippen LogP contribution in [-0.2, 0) is 44.2 Å². The number of hydrogen-bond acceptors (Lipinski definition) is 17. The number of imidazole rings is 2. The molecule has 2 aliphatic heterocycles. The Balaban J connectivity index is 1.24. The van der Waals surface area contributed by atoms with E-state index in [0.717, 1.165) is 6.33 Å². The number of methoxy groups -OCH3 is 1. The number of aromatic nitrogens is 8. The normalized spacial score (nSPS) is 31.1. The predicted molar refractivity (Wildman–Crippen MR) is 166 cm³/mol. The number of nitrogens with zero attached hydrogens (tertiary/aromatic N) is 7. The summed E-state index contributed by atoms with van der Waals surface area (Å²) in [6, 6.07) is 0. The number of alkyl halides is 1. The number of nitrogens with one attached hydrogen (secondary N) is 1. The SMILES string of the molecule is CO[C@H]1[C@@H](n2cnc3c(N)ncnc32)O[C@](C)(COP(O)(=S)O[C@@H]2[C@@H](F)[C@@H](CO[P+](=O)S)O[C@H]2n2cnc3c(=O)[nH]c(N)nc32)[C@H]1O. The van der Waals surface area contributed by atoms with Gasteiger partial charge in [-0.25, -0.2) is 24.3 Å². The number of fused-ring (bicyclic) bond motifs is 2. The summed E-state index contributed by atoms with van der Waals surface area (Å²) >= 11 is 8.91. The summed E-state index contributed by atoms with van der Waals surface area (Å²) in [4.78, 5) is 46.2. The van der Waals surface area contributed by atoms with E-state index in [2.05, 4.69) is 42.2 Å². The van der Waals surface area contributed by atoms with Crippen molar-refractivity contribution < 1.29 is 46.7 Å². The Bertz CT molecular complexity index is 1940. The first kappa shape index (κ1) is 34.1. The molecule has 0 spiro atoms. The lowest BCUT2D eigenvalue weighted by Crippen LogP contribution is -2.44. The minimum atomic E-state index is -4.37. The number of aliphatic hydroxyl groups excluding tert-OH is 1. The van der Waals surface area contributed by atoms with E-state index in [0.29, 0.717) is 11.2 Å². The fourth-order valence-electron chi connectivity index (χ4n) is 5.38. The van der Waals surface area contributed by atoms with E-state index in [9.17, 15) is 19.4 Å². The smallest absolute Gasteiger partial charge is 0.387 e. The van der Waals surface area contributed by atoms with Crippen molar-refractivity contribution in [3.63, 3.8) is 0 Å². The molecule has 47 heavy (non-hydrogen) atoms. The Morgan fingerprint density at radius 1 is 1.19 bits per heavy atom. The first-order valence-electron chi connectivity index (χ1n) is 13.5. The summed E-state index contributed by atoms with van der Waals surface area (Å²) in [6.45, 7) is -3.96. The number of H-pyrrole nitrogens is 1. The van der Waals surface area contributed by atoms with E-state index in [1.165, 1.54) is 35.8 Å². The third kappa shape index (κ3) is 6.38. The first-order valence-corrected chi connectivity index (χ1v) is 18.4. The molecule has 2 saturated heterocycles. The first-order chi connectivity index (χ1) is 22.2. The lowest BCUT2D eigenvalue weighted by atomic mass is 9.98. The number of nitrogens with two attached hydrogens (primary N) is 2. The molecule has 4 aromatic heterocycles. The molecule has 0 saturated carbocycles. The Hall–Kier alpha value is -2.79. The second kappa shape index (κ2) is 12.9. The van der Waals surface area contributed by atoms with Crippen molar-refractivity contribution in [3.8, 4) is 0 Å². The van der Waals surface area contributed by atoms with Gasteiger partial charge in [0, 0.05) is 7.11 Å². The number of anilines is 2. The molecule has 4 aromatic rings. The molecular formula is C22H28FN10O10P2S2+. The molecule has 2 unspecified atom stereocenters. The van der Waals surface area contributed by atoms with E-state index in [1.807, 2.05) is 0 Å². The predicted octanol–water partition coefficient (Wildman–Crippen LogP) is 0.245. The highest BCUT2D eigenvalue weighted by Crippen LogP contribution is 2.52. The molecule has 25 heteroatoms. The van der Waals surface area contributed by atoms with Crippen molar-refractivity contribution in [2.24, 2.45) is 0 Å². The Morgan fingerprint density at radius 3 is 2.60 bits per heavy atom. The Morgan fingerprint density at radius 2 is 1.89 bits per heavy atom. The lowest BCUT2D eigenvalue weighted by molar-refractivity contribution is -0.114. The van der Waals surface area contributed by atoms with Crippen molar-refractivity contribution >= 4 is 72.1 Å². The minimum Gasteiger partial charge on any atom is -0.387 e. The molecule has 0 bridgehead atoms. The van der Waals surface area contributed by atoms with Crippen molar-refractivity contribution in [3.05, 3.63) is 29.3 Å². The molecule has 2 aliphatic rings. The number of nitrogen functional groups attached to an aromatic ring is 2. The Kier molecular flexibility index (Phi) is 9.37. The van der Waals surface area contributed by atoms with Gasteiger partial charge in [0.15, 0.2) is 41.3 Å². The summed E-state index contributed by atoms with van der Waals surface area (Å²) in [5.74, 6) is -0.122. The van der Waals surface area contributed by atoms with Gasteiger partial charge in [0.05, 0.1) is 19.3 Å². The number of aromatic amines is 1. The highest BCUT2D eigenvalue weighted by Gasteiger charge is 2.55. The van der Waals surface area contributed by atoms with Gasteiger partial charge in [-0.3, -0.25) is 23.4 Å². The van der Waals surface area contributed by atoms with Crippen LogP contribution in [0.4, 0.5) is 16.2 Å². The number of thiol groups is 1. The van der Waals surface area contributed by atoms with Crippen LogP contribution in [0.1, 0.15) is 19.4 Å². The summed E-state index contributed by atoms with van der Waals surface area (Å²) in [7, 11) is -1.06.